The number of nitrogens with one attached hydrogen (secondary N) is 1. The number of rotatable bonds is 1. The lowest BCUT2D eigenvalue weighted by Crippen LogP contribution is -2.58. The van der Waals surface area contributed by atoms with E-state index in [1.807, 2.05) is 0 Å². The topological polar surface area (TPSA) is 93.2 Å². The molecule has 0 aliphatic carbocycles. The standard InChI is InChI=1S/C11H16N4O4S/c16-9(17)8-5-20-6-15(8)11(19)13-1-2-14-7(4-13)3-12-10(14)18/h7-8H,1-6H2,(H,12,18)(H,16,17)/t7?,8-/m0/s1. The molecule has 3 saturated heterocycles. The predicted octanol–water partition coefficient (Wildman–Crippen LogP) is -0.725. The molecule has 20 heavy (non-hydrogen) atoms. The second-order valence-electron chi connectivity index (χ2n) is 5.09. The average Bonchev–Trinajstić information content (AvgIpc) is 3.05. The van der Waals surface area contributed by atoms with Crippen LogP contribution in [0.4, 0.5) is 9.59 Å². The molecule has 3 heterocycles. The smallest absolute Gasteiger partial charge is 0.327 e. The molecule has 3 aliphatic rings. The minimum absolute atomic E-state index is 0.00117. The summed E-state index contributed by atoms with van der Waals surface area (Å²) >= 11 is 1.45. The summed E-state index contributed by atoms with van der Waals surface area (Å²) < 4.78 is 0. The third-order valence-corrected chi connectivity index (χ3v) is 4.93. The summed E-state index contributed by atoms with van der Waals surface area (Å²) in [4.78, 5) is 39.9. The number of aliphatic carboxylic acids is 1. The molecule has 3 fully saturated rings. The largest absolute Gasteiger partial charge is 0.480 e. The summed E-state index contributed by atoms with van der Waals surface area (Å²) in [5.74, 6) is -0.109. The lowest BCUT2D eigenvalue weighted by atomic mass is 10.2. The Morgan fingerprint density at radius 2 is 2.15 bits per heavy atom. The van der Waals surface area contributed by atoms with Gasteiger partial charge in [-0.3, -0.25) is 0 Å². The zero-order valence-corrected chi connectivity index (χ0v) is 11.6. The second-order valence-corrected chi connectivity index (χ2v) is 6.09. The number of carboxylic acids is 1. The number of amides is 4. The summed E-state index contributed by atoms with van der Waals surface area (Å²) in [6.45, 7) is 1.96. The first kappa shape index (κ1) is 13.3. The monoisotopic (exact) mass is 300 g/mol. The van der Waals surface area contributed by atoms with Crippen LogP contribution in [0.2, 0.25) is 0 Å². The third-order valence-electron chi connectivity index (χ3n) is 3.92. The molecule has 0 aromatic heterocycles. The number of hydrogen-bond acceptors (Lipinski definition) is 4. The number of carboxylic acid groups (broad SMARTS) is 1. The van der Waals surface area contributed by atoms with Gasteiger partial charge in [0.2, 0.25) is 0 Å². The molecular weight excluding hydrogens is 284 g/mol. The predicted molar refractivity (Wildman–Crippen MR) is 71.4 cm³/mol. The number of carbonyl (C=O) groups is 3. The van der Waals surface area contributed by atoms with Crippen LogP contribution in [0.5, 0.6) is 0 Å². The number of carbonyl (C=O) groups excluding carboxylic acids is 2. The fraction of sp³-hybridized carbons (Fsp3) is 0.727. The van der Waals surface area contributed by atoms with Gasteiger partial charge in [0, 0.05) is 31.9 Å². The molecule has 8 nitrogen and oxygen atoms in total. The zero-order valence-electron chi connectivity index (χ0n) is 10.8. The van der Waals surface area contributed by atoms with E-state index in [0.29, 0.717) is 37.8 Å². The number of hydrogen-bond donors (Lipinski definition) is 2. The maximum absolute atomic E-state index is 12.4. The molecule has 0 radical (unpaired) electrons. The molecule has 1 unspecified atom stereocenters. The van der Waals surface area contributed by atoms with Gasteiger partial charge in [-0.1, -0.05) is 0 Å². The van der Waals surface area contributed by atoms with E-state index in [2.05, 4.69) is 5.32 Å². The van der Waals surface area contributed by atoms with Crippen molar-refractivity contribution in [3.63, 3.8) is 0 Å². The number of piperazine rings is 1. The molecule has 0 saturated carbocycles. The van der Waals surface area contributed by atoms with Gasteiger partial charge >= 0.3 is 18.0 Å². The first-order chi connectivity index (χ1) is 9.58. The molecule has 2 N–H and O–H groups in total. The fourth-order valence-electron chi connectivity index (χ4n) is 2.80. The van der Waals surface area contributed by atoms with Crippen molar-refractivity contribution >= 4 is 29.8 Å². The summed E-state index contributed by atoms with van der Waals surface area (Å²) in [6, 6.07) is -1.06. The van der Waals surface area contributed by atoms with E-state index < -0.39 is 12.0 Å². The van der Waals surface area contributed by atoms with Gasteiger partial charge < -0.3 is 25.1 Å². The first-order valence-corrected chi connectivity index (χ1v) is 7.64. The molecule has 110 valence electrons. The molecule has 4 amide bonds. The fourth-order valence-corrected chi connectivity index (χ4v) is 3.93. The molecule has 3 aliphatic heterocycles. The van der Waals surface area contributed by atoms with Gasteiger partial charge in [0.15, 0.2) is 0 Å². The molecule has 3 rings (SSSR count). The van der Waals surface area contributed by atoms with Crippen molar-refractivity contribution in [1.29, 1.82) is 0 Å². The summed E-state index contributed by atoms with van der Waals surface area (Å²) in [6.07, 6.45) is 0. The van der Waals surface area contributed by atoms with Crippen molar-refractivity contribution in [2.24, 2.45) is 0 Å². The first-order valence-electron chi connectivity index (χ1n) is 6.48. The van der Waals surface area contributed by atoms with E-state index in [-0.39, 0.29) is 18.1 Å². The Bertz CT molecular complexity index is 460. The maximum Gasteiger partial charge on any atom is 0.327 e. The van der Waals surface area contributed by atoms with Gasteiger partial charge in [0.05, 0.1) is 11.9 Å². The molecular formula is C11H16N4O4S. The van der Waals surface area contributed by atoms with Crippen LogP contribution >= 0.6 is 11.8 Å². The van der Waals surface area contributed by atoms with Crippen molar-refractivity contribution in [2.45, 2.75) is 12.1 Å². The summed E-state index contributed by atoms with van der Waals surface area (Å²) in [5, 5.41) is 11.9. The Morgan fingerprint density at radius 3 is 2.90 bits per heavy atom. The van der Waals surface area contributed by atoms with Crippen LogP contribution in [-0.2, 0) is 4.79 Å². The Kier molecular flexibility index (Phi) is 3.36. The highest BCUT2D eigenvalue weighted by molar-refractivity contribution is 7.99. The Hall–Kier alpha value is -1.64. The molecule has 0 aromatic carbocycles. The van der Waals surface area contributed by atoms with Crippen LogP contribution in [0, 0.1) is 0 Å². The lowest BCUT2D eigenvalue weighted by molar-refractivity contribution is -0.141. The van der Waals surface area contributed by atoms with Crippen molar-refractivity contribution in [2.75, 3.05) is 37.8 Å². The van der Waals surface area contributed by atoms with Crippen LogP contribution < -0.4 is 5.32 Å². The lowest BCUT2D eigenvalue weighted by Gasteiger charge is -2.38. The van der Waals surface area contributed by atoms with Crippen molar-refractivity contribution in [1.82, 2.24) is 20.0 Å². The minimum Gasteiger partial charge on any atom is -0.480 e. The Balaban J connectivity index is 1.66. The van der Waals surface area contributed by atoms with E-state index in [1.165, 1.54) is 16.7 Å². The summed E-state index contributed by atoms with van der Waals surface area (Å²) in [7, 11) is 0. The number of urea groups is 2. The summed E-state index contributed by atoms with van der Waals surface area (Å²) in [5.41, 5.74) is 0. The van der Waals surface area contributed by atoms with Gasteiger partial charge in [0.1, 0.15) is 6.04 Å². The number of nitrogens with zero attached hydrogens (tertiary/aromatic N) is 3. The molecule has 9 heteroatoms. The molecule has 0 aromatic rings. The van der Waals surface area contributed by atoms with E-state index >= 15 is 0 Å². The van der Waals surface area contributed by atoms with Crippen LogP contribution in [0.1, 0.15) is 0 Å². The van der Waals surface area contributed by atoms with Gasteiger partial charge in [-0.05, 0) is 0 Å². The highest BCUT2D eigenvalue weighted by Crippen LogP contribution is 2.24. The van der Waals surface area contributed by atoms with Gasteiger partial charge in [-0.2, -0.15) is 0 Å². The van der Waals surface area contributed by atoms with Gasteiger partial charge in [0.25, 0.3) is 0 Å². The van der Waals surface area contributed by atoms with Gasteiger partial charge in [-0.15, -0.1) is 11.8 Å². The maximum atomic E-state index is 12.4. The second kappa shape index (κ2) is 5.04. The van der Waals surface area contributed by atoms with E-state index in [1.54, 1.807) is 9.80 Å². The highest BCUT2D eigenvalue weighted by atomic mass is 32.2. The Labute approximate surface area is 120 Å². The van der Waals surface area contributed by atoms with Crippen LogP contribution in [0.3, 0.4) is 0 Å². The van der Waals surface area contributed by atoms with E-state index in [9.17, 15) is 14.4 Å². The molecule has 0 bridgehead atoms. The quantitative estimate of drug-likeness (QED) is 0.666. The van der Waals surface area contributed by atoms with Crippen molar-refractivity contribution in [3.05, 3.63) is 0 Å². The molecule has 0 spiro atoms. The normalized spacial score (nSPS) is 29.4. The SMILES string of the molecule is O=C(O)[C@@H]1CSCN1C(=O)N1CCN2C(=O)NCC2C1. The van der Waals surface area contributed by atoms with Crippen molar-refractivity contribution < 1.29 is 19.5 Å². The number of fused-ring (bicyclic) bond motifs is 1. The third kappa shape index (κ3) is 2.15. The van der Waals surface area contributed by atoms with Crippen LogP contribution in [0.15, 0.2) is 0 Å². The highest BCUT2D eigenvalue weighted by Gasteiger charge is 2.41. The van der Waals surface area contributed by atoms with Crippen LogP contribution in [0.25, 0.3) is 0 Å². The average molecular weight is 300 g/mol. The minimum atomic E-state index is -0.959. The van der Waals surface area contributed by atoms with E-state index in [4.69, 9.17) is 5.11 Å². The van der Waals surface area contributed by atoms with Crippen molar-refractivity contribution in [3.8, 4) is 0 Å². The molecule has 2 atom stereocenters. The van der Waals surface area contributed by atoms with Crippen LogP contribution in [-0.4, -0.2) is 87.7 Å². The van der Waals surface area contributed by atoms with E-state index in [0.717, 1.165) is 0 Å². The number of thioether (sulfide) groups is 1. The van der Waals surface area contributed by atoms with Gasteiger partial charge in [-0.25, -0.2) is 14.4 Å². The zero-order chi connectivity index (χ0) is 14.3. The Morgan fingerprint density at radius 1 is 1.35 bits per heavy atom.